The van der Waals surface area contributed by atoms with E-state index in [1.165, 1.54) is 17.4 Å². The third kappa shape index (κ3) is 6.64. The molecule has 4 unspecified atom stereocenters. The number of likely N-dealkylation sites (tertiary alicyclic amines) is 1. The Morgan fingerprint density at radius 2 is 1.80 bits per heavy atom. The lowest BCUT2D eigenvalue weighted by Gasteiger charge is -2.28. The summed E-state index contributed by atoms with van der Waals surface area (Å²) in [5.74, 6) is -4.78. The lowest BCUT2D eigenvalue weighted by molar-refractivity contribution is -0.149. The first kappa shape index (κ1) is 28.3. The molecule has 4 rings (SSSR count). The number of aromatic amines is 2. The number of aliphatic carboxylic acids is 2. The minimum absolute atomic E-state index is 0.00447. The fourth-order valence-corrected chi connectivity index (χ4v) is 4.87. The van der Waals surface area contributed by atoms with Crippen LogP contribution < -0.4 is 16.4 Å². The Hall–Kier alpha value is -4.72. The van der Waals surface area contributed by atoms with E-state index in [2.05, 4.69) is 25.6 Å². The molecule has 14 nitrogen and oxygen atoms in total. The zero-order valence-electron chi connectivity index (χ0n) is 21.5. The van der Waals surface area contributed by atoms with Crippen molar-refractivity contribution in [2.24, 2.45) is 5.73 Å². The van der Waals surface area contributed by atoms with Gasteiger partial charge in [0.25, 0.3) is 0 Å². The summed E-state index contributed by atoms with van der Waals surface area (Å²) in [5, 5.41) is 24.8. The predicted molar refractivity (Wildman–Crippen MR) is 141 cm³/mol. The topological polar surface area (TPSA) is 224 Å². The summed E-state index contributed by atoms with van der Waals surface area (Å²) in [6.07, 6.45) is 4.68. The van der Waals surface area contributed by atoms with Gasteiger partial charge in [-0.25, -0.2) is 9.78 Å². The number of fused-ring (bicyclic) bond motifs is 1. The molecule has 212 valence electrons. The van der Waals surface area contributed by atoms with E-state index in [0.717, 1.165) is 10.9 Å². The van der Waals surface area contributed by atoms with E-state index < -0.39 is 60.2 Å². The molecule has 2 aromatic heterocycles. The van der Waals surface area contributed by atoms with Gasteiger partial charge >= 0.3 is 11.9 Å². The summed E-state index contributed by atoms with van der Waals surface area (Å²) < 4.78 is 0. The first-order valence-electron chi connectivity index (χ1n) is 12.8. The number of benzene rings is 1. The van der Waals surface area contributed by atoms with E-state index in [9.17, 15) is 34.2 Å². The average molecular weight is 554 g/mol. The number of carboxylic acids is 2. The van der Waals surface area contributed by atoms with Crippen molar-refractivity contribution in [3.63, 3.8) is 0 Å². The Bertz CT molecular complexity index is 1390. The Morgan fingerprint density at radius 3 is 2.50 bits per heavy atom. The molecule has 3 amide bonds. The molecule has 0 spiro atoms. The van der Waals surface area contributed by atoms with Crippen LogP contribution in [0.15, 0.2) is 43.0 Å². The molecule has 14 heteroatoms. The zero-order valence-corrected chi connectivity index (χ0v) is 21.5. The molecule has 3 aromatic rings. The van der Waals surface area contributed by atoms with Gasteiger partial charge in [0.05, 0.1) is 18.8 Å². The van der Waals surface area contributed by atoms with Gasteiger partial charge in [0.1, 0.15) is 18.1 Å². The maximum Gasteiger partial charge on any atom is 0.326 e. The van der Waals surface area contributed by atoms with Crippen molar-refractivity contribution in [1.29, 1.82) is 0 Å². The van der Waals surface area contributed by atoms with E-state index in [4.69, 9.17) is 5.73 Å². The van der Waals surface area contributed by atoms with Crippen molar-refractivity contribution in [3.05, 3.63) is 54.2 Å². The molecule has 1 fully saturated rings. The molecule has 3 heterocycles. The minimum Gasteiger partial charge on any atom is -0.481 e. The molecule has 40 heavy (non-hydrogen) atoms. The lowest BCUT2D eigenvalue weighted by Crippen LogP contribution is -2.58. The number of nitrogens with one attached hydrogen (secondary N) is 4. The molecule has 1 aliphatic rings. The number of H-pyrrole nitrogens is 2. The number of rotatable bonds is 12. The third-order valence-corrected chi connectivity index (χ3v) is 6.88. The SMILES string of the molecule is NC(Cc1cnc[nH]1)C(=O)NC(CC(=O)O)C(=O)NC(Cc1c[nH]c2ccccc12)C(=O)N1CCCC1C(=O)O. The summed E-state index contributed by atoms with van der Waals surface area (Å²) in [6.45, 7) is 0.202. The number of aromatic nitrogens is 3. The number of hydrogen-bond acceptors (Lipinski definition) is 7. The molecule has 1 saturated heterocycles. The average Bonchev–Trinajstić information content (AvgIpc) is 3.68. The number of carboxylic acid groups (broad SMARTS) is 2. The Morgan fingerprint density at radius 1 is 1.05 bits per heavy atom. The fourth-order valence-electron chi connectivity index (χ4n) is 4.87. The van der Waals surface area contributed by atoms with Crippen molar-refractivity contribution in [2.45, 2.75) is 56.3 Å². The van der Waals surface area contributed by atoms with Gasteiger partial charge in [0.2, 0.25) is 17.7 Å². The predicted octanol–water partition coefficient (Wildman–Crippen LogP) is -0.477. The van der Waals surface area contributed by atoms with Gasteiger partial charge in [0, 0.05) is 48.4 Å². The molecule has 0 aliphatic carbocycles. The van der Waals surface area contributed by atoms with Crippen molar-refractivity contribution in [3.8, 4) is 0 Å². The normalized spacial score (nSPS) is 17.2. The number of amides is 3. The smallest absolute Gasteiger partial charge is 0.326 e. The zero-order chi connectivity index (χ0) is 28.8. The van der Waals surface area contributed by atoms with Crippen molar-refractivity contribution < 1.29 is 34.2 Å². The highest BCUT2D eigenvalue weighted by Crippen LogP contribution is 2.23. The quantitative estimate of drug-likeness (QED) is 0.154. The lowest BCUT2D eigenvalue weighted by atomic mass is 10.0. The van der Waals surface area contributed by atoms with Crippen LogP contribution >= 0.6 is 0 Å². The summed E-state index contributed by atoms with van der Waals surface area (Å²) in [6, 6.07) is 2.45. The molecular weight excluding hydrogens is 522 g/mol. The number of carbonyl (C=O) groups excluding carboxylic acids is 3. The highest BCUT2D eigenvalue weighted by atomic mass is 16.4. The summed E-state index contributed by atoms with van der Waals surface area (Å²) >= 11 is 0. The van der Waals surface area contributed by atoms with E-state index in [1.54, 1.807) is 6.20 Å². The van der Waals surface area contributed by atoms with Crippen LogP contribution in [0, 0.1) is 0 Å². The van der Waals surface area contributed by atoms with Crippen LogP contribution in [0.4, 0.5) is 0 Å². The molecule has 8 N–H and O–H groups in total. The van der Waals surface area contributed by atoms with E-state index in [0.29, 0.717) is 17.7 Å². The highest BCUT2D eigenvalue weighted by Gasteiger charge is 2.39. The summed E-state index contributed by atoms with van der Waals surface area (Å²) in [5.41, 5.74) is 8.02. The number of nitrogens with zero attached hydrogens (tertiary/aromatic N) is 2. The summed E-state index contributed by atoms with van der Waals surface area (Å²) in [4.78, 5) is 74.0. The Labute approximate surface area is 228 Å². The first-order chi connectivity index (χ1) is 19.1. The molecule has 0 radical (unpaired) electrons. The van der Waals surface area contributed by atoms with Gasteiger partial charge in [-0.15, -0.1) is 0 Å². The molecule has 4 atom stereocenters. The van der Waals surface area contributed by atoms with Gasteiger partial charge in [-0.1, -0.05) is 18.2 Å². The van der Waals surface area contributed by atoms with E-state index >= 15 is 0 Å². The van der Waals surface area contributed by atoms with Crippen LogP contribution in [-0.2, 0) is 36.8 Å². The molecular formula is C26H31N7O7. The summed E-state index contributed by atoms with van der Waals surface area (Å²) in [7, 11) is 0. The largest absolute Gasteiger partial charge is 0.481 e. The Kier molecular flexibility index (Phi) is 8.79. The van der Waals surface area contributed by atoms with Gasteiger partial charge in [-0.05, 0) is 24.5 Å². The van der Waals surface area contributed by atoms with Crippen LogP contribution in [0.2, 0.25) is 0 Å². The highest BCUT2D eigenvalue weighted by molar-refractivity contribution is 5.96. The third-order valence-electron chi connectivity index (χ3n) is 6.88. The van der Waals surface area contributed by atoms with E-state index in [1.807, 2.05) is 24.3 Å². The number of hydrogen-bond donors (Lipinski definition) is 7. The van der Waals surface area contributed by atoms with Gasteiger partial charge in [-0.3, -0.25) is 19.2 Å². The fraction of sp³-hybridized carbons (Fsp3) is 0.385. The first-order valence-corrected chi connectivity index (χ1v) is 12.8. The van der Waals surface area contributed by atoms with Crippen molar-refractivity contribution in [1.82, 2.24) is 30.5 Å². The van der Waals surface area contributed by atoms with Gasteiger partial charge in [0.15, 0.2) is 0 Å². The second-order valence-corrected chi connectivity index (χ2v) is 9.70. The monoisotopic (exact) mass is 553 g/mol. The van der Waals surface area contributed by atoms with Crippen molar-refractivity contribution >= 4 is 40.6 Å². The number of imidazole rings is 1. The standard InChI is InChI=1S/C26H31N7O7/c27-17(9-15-12-28-13-30-15)23(36)31-19(10-22(34)35)24(37)32-20(25(38)33-7-3-6-21(33)26(39)40)8-14-11-29-18-5-2-1-4-16(14)18/h1-2,4-5,11-13,17,19-21,29H,3,6-10,27H2,(H,28,30)(H,31,36)(H,32,37)(H,34,35)(H,39,40). The maximum absolute atomic E-state index is 13.6. The molecule has 1 aliphatic heterocycles. The van der Waals surface area contributed by atoms with Gasteiger partial charge in [-0.2, -0.15) is 0 Å². The minimum atomic E-state index is -1.54. The van der Waals surface area contributed by atoms with Crippen molar-refractivity contribution in [2.75, 3.05) is 6.54 Å². The second-order valence-electron chi connectivity index (χ2n) is 9.70. The van der Waals surface area contributed by atoms with Crippen LogP contribution in [0.1, 0.15) is 30.5 Å². The molecule has 1 aromatic carbocycles. The van der Waals surface area contributed by atoms with Crippen LogP contribution in [0.5, 0.6) is 0 Å². The van der Waals surface area contributed by atoms with E-state index in [-0.39, 0.29) is 25.8 Å². The van der Waals surface area contributed by atoms with Crippen LogP contribution in [-0.4, -0.2) is 90.4 Å². The maximum atomic E-state index is 13.6. The number of carbonyl (C=O) groups is 5. The van der Waals surface area contributed by atoms with Crippen LogP contribution in [0.3, 0.4) is 0 Å². The van der Waals surface area contributed by atoms with Gasteiger partial charge < -0.3 is 41.4 Å². The number of para-hydroxylation sites is 1. The molecule has 0 bridgehead atoms. The van der Waals surface area contributed by atoms with Crippen LogP contribution in [0.25, 0.3) is 10.9 Å². The Balaban J connectivity index is 1.55. The second kappa shape index (κ2) is 12.4. The molecule has 0 saturated carbocycles. The number of nitrogens with two attached hydrogens (primary N) is 1.